The van der Waals surface area contributed by atoms with Crippen molar-refractivity contribution in [3.63, 3.8) is 0 Å². The van der Waals surface area contributed by atoms with Gasteiger partial charge in [0.1, 0.15) is 0 Å². The lowest BCUT2D eigenvalue weighted by molar-refractivity contribution is -0.158. The first kappa shape index (κ1) is 22.1. The predicted molar refractivity (Wildman–Crippen MR) is 109 cm³/mol. The van der Waals surface area contributed by atoms with Crippen LogP contribution >= 0.6 is 0 Å². The van der Waals surface area contributed by atoms with Gasteiger partial charge in [-0.3, -0.25) is 9.59 Å². The van der Waals surface area contributed by atoms with Gasteiger partial charge in [0.2, 0.25) is 0 Å². The SMILES string of the molecule is CCN(CC)C(=O)c1ccc(NC(=O)COC(=O)C(OC)c2ccccc2)cc1. The van der Waals surface area contributed by atoms with E-state index in [4.69, 9.17) is 9.47 Å². The Bertz CT molecular complexity index is 817. The number of amides is 2. The van der Waals surface area contributed by atoms with Gasteiger partial charge in [-0.15, -0.1) is 0 Å². The molecule has 0 heterocycles. The third kappa shape index (κ3) is 6.15. The van der Waals surface area contributed by atoms with Crippen LogP contribution in [0.3, 0.4) is 0 Å². The molecular weight excluding hydrogens is 372 g/mol. The Hall–Kier alpha value is -3.19. The van der Waals surface area contributed by atoms with E-state index in [1.54, 1.807) is 53.4 Å². The van der Waals surface area contributed by atoms with Crippen LogP contribution in [0.15, 0.2) is 54.6 Å². The zero-order valence-electron chi connectivity index (χ0n) is 16.9. The van der Waals surface area contributed by atoms with Crippen molar-refractivity contribution in [3.8, 4) is 0 Å². The Labute approximate surface area is 170 Å². The first-order chi connectivity index (χ1) is 14.0. The first-order valence-electron chi connectivity index (χ1n) is 9.43. The molecule has 0 saturated heterocycles. The highest BCUT2D eigenvalue weighted by Gasteiger charge is 2.22. The Morgan fingerprint density at radius 3 is 2.14 bits per heavy atom. The fraction of sp³-hybridized carbons (Fsp3) is 0.318. The van der Waals surface area contributed by atoms with Crippen molar-refractivity contribution < 1.29 is 23.9 Å². The van der Waals surface area contributed by atoms with Crippen molar-refractivity contribution in [2.75, 3.05) is 32.1 Å². The van der Waals surface area contributed by atoms with Crippen LogP contribution in [0.5, 0.6) is 0 Å². The number of nitrogens with zero attached hydrogens (tertiary/aromatic N) is 1. The molecule has 154 valence electrons. The normalized spacial score (nSPS) is 11.4. The van der Waals surface area contributed by atoms with E-state index in [1.165, 1.54) is 7.11 Å². The second-order valence-corrected chi connectivity index (χ2v) is 6.24. The fourth-order valence-corrected chi connectivity index (χ4v) is 2.80. The lowest BCUT2D eigenvalue weighted by atomic mass is 10.1. The highest BCUT2D eigenvalue weighted by atomic mass is 16.6. The van der Waals surface area contributed by atoms with E-state index in [0.29, 0.717) is 29.9 Å². The average molecular weight is 398 g/mol. The van der Waals surface area contributed by atoms with Gasteiger partial charge in [-0.25, -0.2) is 4.79 Å². The minimum atomic E-state index is -0.894. The molecule has 0 aliphatic carbocycles. The molecule has 0 saturated carbocycles. The average Bonchev–Trinajstić information content (AvgIpc) is 2.75. The molecule has 2 aromatic carbocycles. The van der Waals surface area contributed by atoms with Crippen LogP contribution in [0, 0.1) is 0 Å². The first-order valence-corrected chi connectivity index (χ1v) is 9.43. The maximum Gasteiger partial charge on any atom is 0.340 e. The van der Waals surface area contributed by atoms with Crippen molar-refractivity contribution in [1.29, 1.82) is 0 Å². The van der Waals surface area contributed by atoms with Crippen LogP contribution in [0.4, 0.5) is 5.69 Å². The zero-order chi connectivity index (χ0) is 21.2. The maximum atomic E-state index is 12.3. The molecule has 1 atom stereocenters. The summed E-state index contributed by atoms with van der Waals surface area (Å²) in [5.74, 6) is -1.19. The number of anilines is 1. The molecule has 0 aliphatic rings. The number of benzene rings is 2. The Morgan fingerprint density at radius 2 is 1.59 bits per heavy atom. The summed E-state index contributed by atoms with van der Waals surface area (Å²) in [5, 5.41) is 2.64. The van der Waals surface area contributed by atoms with Gasteiger partial charge in [-0.2, -0.15) is 0 Å². The molecule has 0 fully saturated rings. The number of hydrogen-bond donors (Lipinski definition) is 1. The van der Waals surface area contributed by atoms with E-state index in [2.05, 4.69) is 5.32 Å². The minimum absolute atomic E-state index is 0.0617. The summed E-state index contributed by atoms with van der Waals surface area (Å²) >= 11 is 0. The van der Waals surface area contributed by atoms with Crippen molar-refractivity contribution in [2.24, 2.45) is 0 Å². The highest BCUT2D eigenvalue weighted by molar-refractivity contribution is 5.96. The fourth-order valence-electron chi connectivity index (χ4n) is 2.80. The van der Waals surface area contributed by atoms with E-state index in [-0.39, 0.29) is 5.91 Å². The van der Waals surface area contributed by atoms with E-state index in [9.17, 15) is 14.4 Å². The minimum Gasteiger partial charge on any atom is -0.453 e. The molecule has 0 aromatic heterocycles. The number of esters is 1. The summed E-state index contributed by atoms with van der Waals surface area (Å²) in [6.45, 7) is 4.66. The molecule has 0 aliphatic heterocycles. The van der Waals surface area contributed by atoms with E-state index < -0.39 is 24.6 Å². The van der Waals surface area contributed by atoms with Crippen molar-refractivity contribution in [2.45, 2.75) is 20.0 Å². The van der Waals surface area contributed by atoms with Gasteiger partial charge in [-0.1, -0.05) is 30.3 Å². The maximum absolute atomic E-state index is 12.3. The van der Waals surface area contributed by atoms with Gasteiger partial charge < -0.3 is 19.7 Å². The molecule has 2 aromatic rings. The largest absolute Gasteiger partial charge is 0.453 e. The van der Waals surface area contributed by atoms with Crippen LogP contribution in [-0.4, -0.2) is 49.5 Å². The van der Waals surface area contributed by atoms with Crippen LogP contribution in [-0.2, 0) is 19.1 Å². The Balaban J connectivity index is 1.89. The highest BCUT2D eigenvalue weighted by Crippen LogP contribution is 2.18. The van der Waals surface area contributed by atoms with Gasteiger partial charge >= 0.3 is 5.97 Å². The molecule has 2 amide bonds. The summed E-state index contributed by atoms with van der Waals surface area (Å²) in [6.07, 6.45) is -0.894. The molecule has 0 spiro atoms. The summed E-state index contributed by atoms with van der Waals surface area (Å²) in [7, 11) is 1.40. The monoisotopic (exact) mass is 398 g/mol. The summed E-state index contributed by atoms with van der Waals surface area (Å²) in [4.78, 5) is 38.3. The van der Waals surface area contributed by atoms with E-state index in [0.717, 1.165) is 0 Å². The number of carbonyl (C=O) groups is 3. The number of ether oxygens (including phenoxy) is 2. The van der Waals surface area contributed by atoms with Crippen molar-refractivity contribution in [3.05, 3.63) is 65.7 Å². The number of hydrogen-bond acceptors (Lipinski definition) is 5. The van der Waals surface area contributed by atoms with Gasteiger partial charge in [0, 0.05) is 31.5 Å². The molecule has 29 heavy (non-hydrogen) atoms. The second-order valence-electron chi connectivity index (χ2n) is 6.24. The number of carbonyl (C=O) groups excluding carboxylic acids is 3. The zero-order valence-corrected chi connectivity index (χ0v) is 16.9. The van der Waals surface area contributed by atoms with E-state index in [1.807, 2.05) is 19.9 Å². The quantitative estimate of drug-likeness (QED) is 0.657. The van der Waals surface area contributed by atoms with Crippen LogP contribution < -0.4 is 5.32 Å². The predicted octanol–water partition coefficient (Wildman–Crippen LogP) is 3.04. The summed E-state index contributed by atoms with van der Waals surface area (Å²) < 4.78 is 10.2. The molecule has 0 radical (unpaired) electrons. The lowest BCUT2D eigenvalue weighted by Crippen LogP contribution is -2.30. The van der Waals surface area contributed by atoms with Gasteiger partial charge in [0.15, 0.2) is 12.7 Å². The Kier molecular flexibility index (Phi) is 8.36. The van der Waals surface area contributed by atoms with Crippen molar-refractivity contribution in [1.82, 2.24) is 4.90 Å². The molecular formula is C22H26N2O5. The topological polar surface area (TPSA) is 84.9 Å². The number of rotatable bonds is 9. The van der Waals surface area contributed by atoms with Crippen LogP contribution in [0.25, 0.3) is 0 Å². The van der Waals surface area contributed by atoms with Crippen LogP contribution in [0.2, 0.25) is 0 Å². The summed E-state index contributed by atoms with van der Waals surface area (Å²) in [6, 6.07) is 15.5. The second kappa shape index (κ2) is 11.0. The van der Waals surface area contributed by atoms with Crippen molar-refractivity contribution >= 4 is 23.5 Å². The summed E-state index contributed by atoms with van der Waals surface area (Å²) in [5.41, 5.74) is 1.70. The van der Waals surface area contributed by atoms with Gasteiger partial charge in [-0.05, 0) is 43.7 Å². The molecule has 7 nitrogen and oxygen atoms in total. The third-order valence-corrected chi connectivity index (χ3v) is 4.36. The smallest absolute Gasteiger partial charge is 0.340 e. The van der Waals surface area contributed by atoms with Gasteiger partial charge in [0.25, 0.3) is 11.8 Å². The number of methoxy groups -OCH3 is 1. The Morgan fingerprint density at radius 1 is 0.966 bits per heavy atom. The third-order valence-electron chi connectivity index (χ3n) is 4.36. The number of nitrogens with one attached hydrogen (secondary N) is 1. The van der Waals surface area contributed by atoms with Gasteiger partial charge in [0.05, 0.1) is 0 Å². The standard InChI is InChI=1S/C22H26N2O5/c1-4-24(5-2)21(26)17-11-13-18(14-12-17)23-19(25)15-29-22(27)20(28-3)16-9-7-6-8-10-16/h6-14,20H,4-5,15H2,1-3H3,(H,23,25). The lowest BCUT2D eigenvalue weighted by Gasteiger charge is -2.18. The van der Waals surface area contributed by atoms with E-state index >= 15 is 0 Å². The van der Waals surface area contributed by atoms with Crippen LogP contribution in [0.1, 0.15) is 35.9 Å². The molecule has 1 unspecified atom stereocenters. The molecule has 7 heteroatoms. The molecule has 0 bridgehead atoms. The molecule has 2 rings (SSSR count). The molecule has 1 N–H and O–H groups in total.